The molecule has 1 aromatic heterocycles. The Balaban J connectivity index is 2.12. The molecule has 1 fully saturated rings. The van der Waals surface area contributed by atoms with Gasteiger partial charge in [-0.2, -0.15) is 0 Å². The molecular weight excluding hydrogens is 210 g/mol. The predicted octanol–water partition coefficient (Wildman–Crippen LogP) is 3.35. The van der Waals surface area contributed by atoms with Crippen LogP contribution in [0.15, 0.2) is 18.3 Å². The first-order valence-electron chi connectivity index (χ1n) is 5.57. The van der Waals surface area contributed by atoms with Crippen LogP contribution in [0.5, 0.6) is 0 Å². The van der Waals surface area contributed by atoms with E-state index >= 15 is 0 Å². The zero-order valence-corrected chi connectivity index (χ0v) is 9.45. The molecular formula is C12H16ClNO. The van der Waals surface area contributed by atoms with Crippen molar-refractivity contribution in [3.05, 3.63) is 29.0 Å². The SMILES string of the molecule is OC(c1ncccc1Cl)C1CCCCC1. The Hall–Kier alpha value is -0.600. The van der Waals surface area contributed by atoms with Gasteiger partial charge in [0.05, 0.1) is 10.7 Å². The first-order chi connectivity index (χ1) is 7.29. The van der Waals surface area contributed by atoms with E-state index in [4.69, 9.17) is 11.6 Å². The van der Waals surface area contributed by atoms with Crippen molar-refractivity contribution in [3.63, 3.8) is 0 Å². The summed E-state index contributed by atoms with van der Waals surface area (Å²) in [6.07, 6.45) is 7.10. The van der Waals surface area contributed by atoms with Crippen LogP contribution in [-0.2, 0) is 0 Å². The fourth-order valence-corrected chi connectivity index (χ4v) is 2.52. The minimum absolute atomic E-state index is 0.339. The Morgan fingerprint density at radius 1 is 1.33 bits per heavy atom. The van der Waals surface area contributed by atoms with Crippen molar-refractivity contribution in [2.45, 2.75) is 38.2 Å². The lowest BCUT2D eigenvalue weighted by molar-refractivity contribution is 0.0812. The molecule has 0 radical (unpaired) electrons. The molecule has 0 amide bonds. The molecule has 15 heavy (non-hydrogen) atoms. The summed E-state index contributed by atoms with van der Waals surface area (Å²) < 4.78 is 0. The number of pyridine rings is 1. The second-order valence-corrected chi connectivity index (χ2v) is 4.62. The van der Waals surface area contributed by atoms with Crippen LogP contribution in [0.2, 0.25) is 5.02 Å². The van der Waals surface area contributed by atoms with Gasteiger partial charge < -0.3 is 5.11 Å². The number of nitrogens with zero attached hydrogens (tertiary/aromatic N) is 1. The summed E-state index contributed by atoms with van der Waals surface area (Å²) in [5.41, 5.74) is 0.645. The van der Waals surface area contributed by atoms with Crippen LogP contribution in [0.4, 0.5) is 0 Å². The summed E-state index contributed by atoms with van der Waals surface area (Å²) in [6.45, 7) is 0. The standard InChI is InChI=1S/C12H16ClNO/c13-10-7-4-8-14-11(10)12(15)9-5-2-1-3-6-9/h4,7-9,12,15H,1-3,5-6H2. The van der Waals surface area contributed by atoms with E-state index < -0.39 is 6.10 Å². The Bertz CT molecular complexity index is 323. The van der Waals surface area contributed by atoms with Gasteiger partial charge in [-0.25, -0.2) is 0 Å². The molecule has 1 N–H and O–H groups in total. The molecule has 2 nitrogen and oxygen atoms in total. The van der Waals surface area contributed by atoms with Gasteiger partial charge in [-0.1, -0.05) is 30.9 Å². The minimum Gasteiger partial charge on any atom is -0.386 e. The van der Waals surface area contributed by atoms with Crippen molar-refractivity contribution < 1.29 is 5.11 Å². The highest BCUT2D eigenvalue weighted by atomic mass is 35.5. The zero-order valence-electron chi connectivity index (χ0n) is 8.69. The van der Waals surface area contributed by atoms with Crippen molar-refractivity contribution >= 4 is 11.6 Å². The van der Waals surface area contributed by atoms with Crippen molar-refractivity contribution in [3.8, 4) is 0 Å². The van der Waals surface area contributed by atoms with Gasteiger partial charge in [0.15, 0.2) is 0 Å². The molecule has 1 unspecified atom stereocenters. The number of aliphatic hydroxyl groups excluding tert-OH is 1. The van der Waals surface area contributed by atoms with E-state index in [0.717, 1.165) is 12.8 Å². The Kier molecular flexibility index (Phi) is 3.60. The fraction of sp³-hybridized carbons (Fsp3) is 0.583. The summed E-state index contributed by atoms with van der Waals surface area (Å²) >= 11 is 6.02. The predicted molar refractivity (Wildman–Crippen MR) is 60.8 cm³/mol. The second kappa shape index (κ2) is 4.95. The monoisotopic (exact) mass is 225 g/mol. The maximum atomic E-state index is 10.2. The summed E-state index contributed by atoms with van der Waals surface area (Å²) in [5.74, 6) is 0.339. The van der Waals surface area contributed by atoms with Crippen LogP contribution >= 0.6 is 11.6 Å². The Morgan fingerprint density at radius 3 is 2.73 bits per heavy atom. The smallest absolute Gasteiger partial charge is 0.100 e. The zero-order chi connectivity index (χ0) is 10.7. The number of rotatable bonds is 2. The van der Waals surface area contributed by atoms with Gasteiger partial charge in [0.25, 0.3) is 0 Å². The molecule has 0 spiro atoms. The third-order valence-corrected chi connectivity index (χ3v) is 3.48. The number of hydrogen-bond donors (Lipinski definition) is 1. The first-order valence-corrected chi connectivity index (χ1v) is 5.95. The van der Waals surface area contributed by atoms with E-state index in [9.17, 15) is 5.11 Å². The molecule has 1 saturated carbocycles. The number of aliphatic hydroxyl groups is 1. The van der Waals surface area contributed by atoms with Gasteiger partial charge in [-0.3, -0.25) is 4.98 Å². The second-order valence-electron chi connectivity index (χ2n) is 4.21. The largest absolute Gasteiger partial charge is 0.386 e. The lowest BCUT2D eigenvalue weighted by Gasteiger charge is -2.26. The summed E-state index contributed by atoms with van der Waals surface area (Å²) in [7, 11) is 0. The highest BCUT2D eigenvalue weighted by molar-refractivity contribution is 6.31. The topological polar surface area (TPSA) is 33.1 Å². The Morgan fingerprint density at radius 2 is 2.07 bits per heavy atom. The molecule has 0 bridgehead atoms. The lowest BCUT2D eigenvalue weighted by atomic mass is 9.84. The molecule has 1 aromatic rings. The van der Waals surface area contributed by atoms with Crippen LogP contribution in [0, 0.1) is 5.92 Å². The van der Waals surface area contributed by atoms with Crippen molar-refractivity contribution in [1.82, 2.24) is 4.98 Å². The van der Waals surface area contributed by atoms with Gasteiger partial charge >= 0.3 is 0 Å². The van der Waals surface area contributed by atoms with Crippen molar-refractivity contribution in [2.75, 3.05) is 0 Å². The fourth-order valence-electron chi connectivity index (χ4n) is 2.29. The van der Waals surface area contributed by atoms with E-state index in [0.29, 0.717) is 16.6 Å². The van der Waals surface area contributed by atoms with Gasteiger partial charge in [0.2, 0.25) is 0 Å². The normalized spacial score (nSPS) is 20.1. The summed E-state index contributed by atoms with van der Waals surface area (Å²) in [5, 5.41) is 10.8. The van der Waals surface area contributed by atoms with Gasteiger partial charge in [-0.15, -0.1) is 0 Å². The van der Waals surface area contributed by atoms with E-state index in [2.05, 4.69) is 4.98 Å². The maximum absolute atomic E-state index is 10.2. The van der Waals surface area contributed by atoms with E-state index in [1.807, 2.05) is 0 Å². The number of aromatic nitrogens is 1. The van der Waals surface area contributed by atoms with Crippen molar-refractivity contribution in [1.29, 1.82) is 0 Å². The quantitative estimate of drug-likeness (QED) is 0.838. The van der Waals surface area contributed by atoms with Gasteiger partial charge in [-0.05, 0) is 30.9 Å². The molecule has 2 rings (SSSR count). The Labute approximate surface area is 95.3 Å². The van der Waals surface area contributed by atoms with Gasteiger partial charge in [0, 0.05) is 6.20 Å². The maximum Gasteiger partial charge on any atom is 0.100 e. The average molecular weight is 226 g/mol. The van der Waals surface area contributed by atoms with Crippen LogP contribution in [0.3, 0.4) is 0 Å². The van der Waals surface area contributed by atoms with E-state index in [1.54, 1.807) is 18.3 Å². The van der Waals surface area contributed by atoms with Crippen LogP contribution in [-0.4, -0.2) is 10.1 Å². The van der Waals surface area contributed by atoms with Crippen LogP contribution in [0.1, 0.15) is 43.9 Å². The minimum atomic E-state index is -0.487. The van der Waals surface area contributed by atoms with Crippen LogP contribution in [0.25, 0.3) is 0 Å². The lowest BCUT2D eigenvalue weighted by Crippen LogP contribution is -2.17. The van der Waals surface area contributed by atoms with Crippen LogP contribution < -0.4 is 0 Å². The number of halogens is 1. The average Bonchev–Trinajstić information content (AvgIpc) is 2.30. The molecule has 0 aliphatic heterocycles. The third kappa shape index (κ3) is 2.50. The third-order valence-electron chi connectivity index (χ3n) is 3.16. The van der Waals surface area contributed by atoms with E-state index in [-0.39, 0.29) is 0 Å². The molecule has 0 aromatic carbocycles. The van der Waals surface area contributed by atoms with E-state index in [1.165, 1.54) is 19.3 Å². The highest BCUT2D eigenvalue weighted by Gasteiger charge is 2.25. The summed E-state index contributed by atoms with van der Waals surface area (Å²) in [6, 6.07) is 3.58. The molecule has 82 valence electrons. The molecule has 1 aliphatic rings. The number of hydrogen-bond acceptors (Lipinski definition) is 2. The molecule has 3 heteroatoms. The van der Waals surface area contributed by atoms with Crippen molar-refractivity contribution in [2.24, 2.45) is 5.92 Å². The first kappa shape index (κ1) is 10.9. The highest BCUT2D eigenvalue weighted by Crippen LogP contribution is 2.35. The molecule has 1 atom stereocenters. The molecule has 0 saturated heterocycles. The van der Waals surface area contributed by atoms with Gasteiger partial charge in [0.1, 0.15) is 6.10 Å². The molecule has 1 aliphatic carbocycles. The molecule has 1 heterocycles. The summed E-state index contributed by atoms with van der Waals surface area (Å²) in [4.78, 5) is 4.17.